The second-order valence-electron chi connectivity index (χ2n) is 5.05. The molecule has 0 aromatic rings. The number of carbonyl (C=O) groups is 3. The first kappa shape index (κ1) is 52.3. The third-order valence-electron chi connectivity index (χ3n) is 3.42. The van der Waals surface area contributed by atoms with Gasteiger partial charge in [0.2, 0.25) is 0 Å². The van der Waals surface area contributed by atoms with Crippen molar-refractivity contribution in [2.75, 3.05) is 32.8 Å². The van der Waals surface area contributed by atoms with Crippen LogP contribution in [0.3, 0.4) is 0 Å². The molecule has 0 saturated heterocycles. The standard InChI is InChI=1S/C7H12O4.C6H15N.C5H8O.CH2O.Ca.H2O2.2H2O/c1-2-3-7(4-8,5-9)6(10)11;1-4-7(5-2)6-3;1-2-3-4-5-6;1-2;;1-2;;/h2,8-9H,1,3-5H2,(H,10,11);4-6H2,1-3H3;2,5H,1,3-4H2;1H2;;1-2H;2*1H2/q;;;;+2;;;/p-2. The zero-order valence-corrected chi connectivity index (χ0v) is 21.2. The summed E-state index contributed by atoms with van der Waals surface area (Å²) >= 11 is 0. The molecule has 0 aliphatic heterocycles. The first-order valence-electron chi connectivity index (χ1n) is 8.71. The van der Waals surface area contributed by atoms with Crippen molar-refractivity contribution in [2.45, 2.75) is 40.0 Å². The topological polar surface area (TPSA) is 216 Å². The average molecular weight is 484 g/mol. The quantitative estimate of drug-likeness (QED) is 0.0702. The van der Waals surface area contributed by atoms with Crippen molar-refractivity contribution >= 4 is 56.8 Å². The maximum absolute atomic E-state index is 10.5. The Morgan fingerprint density at radius 2 is 1.26 bits per heavy atom. The summed E-state index contributed by atoms with van der Waals surface area (Å²) in [7, 11) is 0. The number of hydrogen-bond acceptors (Lipinski definition) is 10. The number of allylic oxidation sites excluding steroid dienone is 2. The minimum Gasteiger partial charge on any atom is -0.870 e. The molecule has 0 aromatic carbocycles. The molecule has 11 nitrogen and oxygen atoms in total. The fourth-order valence-electron chi connectivity index (χ4n) is 1.53. The van der Waals surface area contributed by atoms with Crippen molar-refractivity contribution in [3.05, 3.63) is 25.3 Å². The largest absolute Gasteiger partial charge is 2.00 e. The van der Waals surface area contributed by atoms with Crippen LogP contribution in [0.2, 0.25) is 0 Å². The smallest absolute Gasteiger partial charge is 0.870 e. The van der Waals surface area contributed by atoms with Crippen LogP contribution in [0.15, 0.2) is 25.3 Å². The minimum absolute atomic E-state index is 0. The molecular weight excluding hydrogens is 442 g/mol. The summed E-state index contributed by atoms with van der Waals surface area (Å²) < 4.78 is 0. The van der Waals surface area contributed by atoms with Crippen molar-refractivity contribution in [1.29, 1.82) is 0 Å². The van der Waals surface area contributed by atoms with Crippen LogP contribution in [0.1, 0.15) is 40.0 Å². The second kappa shape index (κ2) is 47.2. The first-order chi connectivity index (χ1) is 13.4. The Balaban J connectivity index is -0.0000000391. The fourth-order valence-corrected chi connectivity index (χ4v) is 1.53. The van der Waals surface area contributed by atoms with Crippen molar-refractivity contribution in [3.63, 3.8) is 0 Å². The number of carboxylic acids is 1. The third-order valence-corrected chi connectivity index (χ3v) is 3.42. The summed E-state index contributed by atoms with van der Waals surface area (Å²) in [6.07, 6.45) is 5.47. The zero-order chi connectivity index (χ0) is 23.4. The van der Waals surface area contributed by atoms with Crippen LogP contribution in [-0.2, 0) is 14.4 Å². The van der Waals surface area contributed by atoms with Gasteiger partial charge in [-0.15, -0.1) is 13.2 Å². The summed E-state index contributed by atoms with van der Waals surface area (Å²) in [6, 6.07) is 0. The number of rotatable bonds is 11. The van der Waals surface area contributed by atoms with Crippen LogP contribution in [0.5, 0.6) is 0 Å². The molecule has 184 valence electrons. The van der Waals surface area contributed by atoms with Gasteiger partial charge in [-0.3, -0.25) is 15.3 Å². The molecule has 0 spiro atoms. The Hall–Kier alpha value is -0.730. The Morgan fingerprint density at radius 1 is 0.903 bits per heavy atom. The molecule has 0 atom stereocenters. The molecule has 0 heterocycles. The molecule has 0 radical (unpaired) electrons. The SMILES string of the molecule is C=CCC(CO)(CO)C(=O)O.C=CCCC=O.C=O.CCN(CC)CC.OO.[Ca+2].[OH-].[OH-]. The molecule has 7 N–H and O–H groups in total. The van der Waals surface area contributed by atoms with E-state index in [2.05, 4.69) is 38.8 Å². The van der Waals surface area contributed by atoms with E-state index in [1.807, 2.05) is 6.79 Å². The molecule has 0 unspecified atom stereocenters. The first-order valence-corrected chi connectivity index (χ1v) is 8.71. The predicted octanol–water partition coefficient (Wildman–Crippen LogP) is 1.22. The normalized spacial score (nSPS) is 8.00. The van der Waals surface area contributed by atoms with Crippen molar-refractivity contribution in [1.82, 2.24) is 4.90 Å². The van der Waals surface area contributed by atoms with E-state index in [4.69, 9.17) is 30.6 Å². The molecular formula is C19H41CaNO10. The minimum atomic E-state index is -1.46. The van der Waals surface area contributed by atoms with Gasteiger partial charge in [-0.25, -0.2) is 0 Å². The Morgan fingerprint density at radius 3 is 1.32 bits per heavy atom. The van der Waals surface area contributed by atoms with E-state index in [-0.39, 0.29) is 55.1 Å². The van der Waals surface area contributed by atoms with Crippen LogP contribution in [0.25, 0.3) is 0 Å². The summed E-state index contributed by atoms with van der Waals surface area (Å²) in [5.41, 5.74) is -1.46. The van der Waals surface area contributed by atoms with Gasteiger partial charge in [-0.1, -0.05) is 32.9 Å². The Labute approximate surface area is 215 Å². The number of carbonyl (C=O) groups excluding carboxylic acids is 2. The molecule has 0 saturated carbocycles. The summed E-state index contributed by atoms with van der Waals surface area (Å²) in [5.74, 6) is -1.21. The van der Waals surface area contributed by atoms with Gasteiger partial charge >= 0.3 is 43.7 Å². The molecule has 0 rings (SSSR count). The van der Waals surface area contributed by atoms with Gasteiger partial charge in [0, 0.05) is 6.42 Å². The molecule has 12 heteroatoms. The average Bonchev–Trinajstić information content (AvgIpc) is 2.75. The Bertz CT molecular complexity index is 339. The van der Waals surface area contributed by atoms with E-state index in [1.165, 1.54) is 25.7 Å². The van der Waals surface area contributed by atoms with E-state index in [0.29, 0.717) is 6.42 Å². The van der Waals surface area contributed by atoms with E-state index in [9.17, 15) is 9.59 Å². The van der Waals surface area contributed by atoms with Gasteiger partial charge in [-0.2, -0.15) is 0 Å². The number of carboxylic acid groups (broad SMARTS) is 1. The number of hydrogen-bond donors (Lipinski definition) is 5. The molecule has 31 heavy (non-hydrogen) atoms. The molecule has 0 aromatic heterocycles. The van der Waals surface area contributed by atoms with E-state index in [1.54, 1.807) is 6.08 Å². The van der Waals surface area contributed by atoms with Crippen LogP contribution < -0.4 is 0 Å². The molecule has 0 bridgehead atoms. The molecule has 0 amide bonds. The summed E-state index contributed by atoms with van der Waals surface area (Å²) in [6.45, 7) is 17.7. The van der Waals surface area contributed by atoms with Gasteiger partial charge in [0.15, 0.2) is 0 Å². The zero-order valence-electron chi connectivity index (χ0n) is 19.0. The van der Waals surface area contributed by atoms with Gasteiger partial charge in [0.25, 0.3) is 0 Å². The van der Waals surface area contributed by atoms with Gasteiger partial charge < -0.3 is 40.8 Å². The number of aliphatic hydroxyl groups excluding tert-OH is 2. The predicted molar refractivity (Wildman–Crippen MR) is 120 cm³/mol. The number of aliphatic carboxylic acids is 1. The number of aliphatic hydroxyl groups is 2. The number of nitrogens with zero attached hydrogens (tertiary/aromatic N) is 1. The summed E-state index contributed by atoms with van der Waals surface area (Å²) in [5, 5.41) is 38.0. The Kier molecular flexibility index (Phi) is 79.6. The van der Waals surface area contributed by atoms with Crippen molar-refractivity contribution < 1.29 is 51.2 Å². The fraction of sp³-hybridized carbons (Fsp3) is 0.632. The van der Waals surface area contributed by atoms with Gasteiger partial charge in [0.05, 0.1) is 13.2 Å². The van der Waals surface area contributed by atoms with Crippen LogP contribution in [-0.4, -0.2) is 131 Å². The van der Waals surface area contributed by atoms with E-state index >= 15 is 0 Å². The number of unbranched alkanes of at least 4 members (excludes halogenated alkanes) is 1. The molecule has 0 fully saturated rings. The van der Waals surface area contributed by atoms with E-state index in [0.717, 1.165) is 12.7 Å². The van der Waals surface area contributed by atoms with Crippen molar-refractivity contribution in [3.8, 4) is 0 Å². The van der Waals surface area contributed by atoms with Crippen molar-refractivity contribution in [2.24, 2.45) is 5.41 Å². The number of aldehydes is 1. The molecule has 0 aliphatic rings. The van der Waals surface area contributed by atoms with Crippen LogP contribution in [0, 0.1) is 5.41 Å². The maximum Gasteiger partial charge on any atom is 2.00 e. The molecule has 0 aliphatic carbocycles. The maximum atomic E-state index is 10.5. The third kappa shape index (κ3) is 37.0. The van der Waals surface area contributed by atoms with Crippen LogP contribution >= 0.6 is 0 Å². The van der Waals surface area contributed by atoms with Gasteiger partial charge in [-0.05, 0) is 32.5 Å². The summed E-state index contributed by atoms with van der Waals surface area (Å²) in [4.78, 5) is 30.4. The van der Waals surface area contributed by atoms with Gasteiger partial charge in [0.1, 0.15) is 18.5 Å². The monoisotopic (exact) mass is 483 g/mol. The second-order valence-corrected chi connectivity index (χ2v) is 5.05. The van der Waals surface area contributed by atoms with E-state index < -0.39 is 24.6 Å². The van der Waals surface area contributed by atoms with Crippen LogP contribution in [0.4, 0.5) is 0 Å².